The second kappa shape index (κ2) is 9.53. The predicted octanol–water partition coefficient (Wildman–Crippen LogP) is 4.31. The zero-order valence-corrected chi connectivity index (χ0v) is 15.6. The van der Waals surface area contributed by atoms with Gasteiger partial charge in [0.05, 0.1) is 12.2 Å². The molecule has 0 fully saturated rings. The van der Waals surface area contributed by atoms with Crippen LogP contribution in [0.3, 0.4) is 0 Å². The molecule has 1 atom stereocenters. The van der Waals surface area contributed by atoms with Gasteiger partial charge < -0.3 is 5.32 Å². The molecule has 0 saturated heterocycles. The van der Waals surface area contributed by atoms with Crippen molar-refractivity contribution in [3.63, 3.8) is 0 Å². The summed E-state index contributed by atoms with van der Waals surface area (Å²) < 4.78 is 1.72. The summed E-state index contributed by atoms with van der Waals surface area (Å²) in [6.07, 6.45) is 9.88. The minimum atomic E-state index is -0.0904. The van der Waals surface area contributed by atoms with Crippen LogP contribution in [-0.2, 0) is 18.3 Å². The summed E-state index contributed by atoms with van der Waals surface area (Å²) in [5.41, 5.74) is 3.37. The van der Waals surface area contributed by atoms with Gasteiger partial charge in [-0.2, -0.15) is 5.10 Å². The Kier molecular flexibility index (Phi) is 6.58. The standard InChI is InChI=1S/C23H25N3O/c1-26-18-20(17-24-26)15-16-23(27)25-22(21-12-6-3-7-13-21)14-8-11-19-9-4-2-5-10-19/h2-7,9-10,12-13,15-18,22H,8,11,14H2,1H3,(H,25,27)/b16-15+. The Morgan fingerprint density at radius 2 is 1.81 bits per heavy atom. The van der Waals surface area contributed by atoms with Crippen LogP contribution in [0.25, 0.3) is 6.08 Å². The van der Waals surface area contributed by atoms with E-state index < -0.39 is 0 Å². The Bertz CT molecular complexity index is 869. The monoisotopic (exact) mass is 359 g/mol. The lowest BCUT2D eigenvalue weighted by molar-refractivity contribution is -0.117. The highest BCUT2D eigenvalue weighted by Crippen LogP contribution is 2.20. The lowest BCUT2D eigenvalue weighted by Crippen LogP contribution is -2.27. The van der Waals surface area contributed by atoms with Crippen LogP contribution in [-0.4, -0.2) is 15.7 Å². The van der Waals surface area contributed by atoms with E-state index in [0.29, 0.717) is 0 Å². The molecule has 4 heteroatoms. The van der Waals surface area contributed by atoms with Crippen molar-refractivity contribution < 1.29 is 4.79 Å². The van der Waals surface area contributed by atoms with E-state index in [0.717, 1.165) is 30.4 Å². The molecule has 0 radical (unpaired) electrons. The zero-order valence-electron chi connectivity index (χ0n) is 15.6. The van der Waals surface area contributed by atoms with Gasteiger partial charge in [-0.15, -0.1) is 0 Å². The van der Waals surface area contributed by atoms with Crippen molar-refractivity contribution in [2.24, 2.45) is 7.05 Å². The van der Waals surface area contributed by atoms with E-state index in [1.54, 1.807) is 23.0 Å². The van der Waals surface area contributed by atoms with Crippen LogP contribution < -0.4 is 5.32 Å². The molecule has 0 aliphatic rings. The second-order valence-electron chi connectivity index (χ2n) is 6.63. The van der Waals surface area contributed by atoms with Crippen LogP contribution in [0.4, 0.5) is 0 Å². The Morgan fingerprint density at radius 1 is 1.11 bits per heavy atom. The first-order valence-electron chi connectivity index (χ1n) is 9.27. The van der Waals surface area contributed by atoms with Gasteiger partial charge in [-0.3, -0.25) is 9.48 Å². The first-order valence-corrected chi connectivity index (χ1v) is 9.27. The number of nitrogens with zero attached hydrogens (tertiary/aromatic N) is 2. The zero-order chi connectivity index (χ0) is 18.9. The quantitative estimate of drug-likeness (QED) is 0.609. The molecule has 1 heterocycles. The maximum atomic E-state index is 12.4. The highest BCUT2D eigenvalue weighted by Gasteiger charge is 2.13. The van der Waals surface area contributed by atoms with E-state index >= 15 is 0 Å². The van der Waals surface area contributed by atoms with E-state index in [-0.39, 0.29) is 11.9 Å². The average molecular weight is 359 g/mol. The summed E-state index contributed by atoms with van der Waals surface area (Å²) in [5, 5.41) is 7.25. The number of hydrogen-bond donors (Lipinski definition) is 1. The smallest absolute Gasteiger partial charge is 0.244 e. The Morgan fingerprint density at radius 3 is 2.48 bits per heavy atom. The molecule has 27 heavy (non-hydrogen) atoms. The number of rotatable bonds is 8. The molecule has 0 aliphatic carbocycles. The molecule has 0 saturated carbocycles. The summed E-state index contributed by atoms with van der Waals surface area (Å²) >= 11 is 0. The molecule has 3 rings (SSSR count). The Hall–Kier alpha value is -3.14. The lowest BCUT2D eigenvalue weighted by atomic mass is 9.99. The molecule has 138 valence electrons. The fourth-order valence-electron chi connectivity index (χ4n) is 3.08. The molecule has 3 aromatic rings. The third-order valence-corrected chi connectivity index (χ3v) is 4.47. The Labute approximate surface area is 160 Å². The average Bonchev–Trinajstić information content (AvgIpc) is 3.12. The van der Waals surface area contributed by atoms with Gasteiger partial charge in [-0.25, -0.2) is 0 Å². The molecule has 1 amide bonds. The van der Waals surface area contributed by atoms with Crippen molar-refractivity contribution in [1.29, 1.82) is 0 Å². The molecular formula is C23H25N3O. The molecule has 1 aromatic heterocycles. The van der Waals surface area contributed by atoms with E-state index in [4.69, 9.17) is 0 Å². The van der Waals surface area contributed by atoms with Gasteiger partial charge in [0, 0.05) is 24.9 Å². The summed E-state index contributed by atoms with van der Waals surface area (Å²) in [5.74, 6) is -0.0904. The van der Waals surface area contributed by atoms with E-state index in [1.807, 2.05) is 37.5 Å². The number of carbonyl (C=O) groups is 1. The second-order valence-corrected chi connectivity index (χ2v) is 6.63. The van der Waals surface area contributed by atoms with Gasteiger partial charge in [-0.05, 0) is 36.5 Å². The maximum absolute atomic E-state index is 12.4. The van der Waals surface area contributed by atoms with Crippen molar-refractivity contribution >= 4 is 12.0 Å². The van der Waals surface area contributed by atoms with Crippen molar-refractivity contribution in [1.82, 2.24) is 15.1 Å². The van der Waals surface area contributed by atoms with E-state index in [1.165, 1.54) is 5.56 Å². The van der Waals surface area contributed by atoms with Crippen LogP contribution in [0.15, 0.2) is 79.1 Å². The summed E-state index contributed by atoms with van der Waals surface area (Å²) in [6.45, 7) is 0. The minimum Gasteiger partial charge on any atom is -0.346 e. The summed E-state index contributed by atoms with van der Waals surface area (Å²) in [4.78, 5) is 12.4. The van der Waals surface area contributed by atoms with Crippen molar-refractivity contribution in [2.75, 3.05) is 0 Å². The van der Waals surface area contributed by atoms with Crippen LogP contribution >= 0.6 is 0 Å². The molecule has 2 aromatic carbocycles. The molecule has 0 spiro atoms. The fourth-order valence-corrected chi connectivity index (χ4v) is 3.08. The lowest BCUT2D eigenvalue weighted by Gasteiger charge is -2.18. The Balaban J connectivity index is 1.61. The number of amides is 1. The number of benzene rings is 2. The normalized spacial score (nSPS) is 12.2. The summed E-state index contributed by atoms with van der Waals surface area (Å²) in [7, 11) is 1.86. The van der Waals surface area contributed by atoms with Gasteiger partial charge in [0.15, 0.2) is 0 Å². The largest absolute Gasteiger partial charge is 0.346 e. The maximum Gasteiger partial charge on any atom is 0.244 e. The van der Waals surface area contributed by atoms with Gasteiger partial charge in [-0.1, -0.05) is 60.7 Å². The SMILES string of the molecule is Cn1cc(/C=C/C(=O)NC(CCCc2ccccc2)c2ccccc2)cn1. The number of aryl methyl sites for hydroxylation is 2. The number of nitrogens with one attached hydrogen (secondary N) is 1. The predicted molar refractivity (Wildman–Crippen MR) is 109 cm³/mol. The molecule has 0 aliphatic heterocycles. The van der Waals surface area contributed by atoms with Gasteiger partial charge >= 0.3 is 0 Å². The third kappa shape index (κ3) is 5.96. The van der Waals surface area contributed by atoms with Crippen molar-refractivity contribution in [3.05, 3.63) is 95.8 Å². The highest BCUT2D eigenvalue weighted by molar-refractivity contribution is 5.91. The highest BCUT2D eigenvalue weighted by atomic mass is 16.1. The number of carbonyl (C=O) groups excluding carboxylic acids is 1. The minimum absolute atomic E-state index is 0.000889. The third-order valence-electron chi connectivity index (χ3n) is 4.47. The fraction of sp³-hybridized carbons (Fsp3) is 0.217. The van der Waals surface area contributed by atoms with E-state index in [2.05, 4.69) is 46.8 Å². The van der Waals surface area contributed by atoms with E-state index in [9.17, 15) is 4.79 Å². The number of aromatic nitrogens is 2. The molecule has 1 N–H and O–H groups in total. The topological polar surface area (TPSA) is 46.9 Å². The molecule has 1 unspecified atom stereocenters. The van der Waals surface area contributed by atoms with Gasteiger partial charge in [0.2, 0.25) is 5.91 Å². The van der Waals surface area contributed by atoms with Gasteiger partial charge in [0.1, 0.15) is 0 Å². The summed E-state index contributed by atoms with van der Waals surface area (Å²) in [6, 6.07) is 20.6. The number of hydrogen-bond acceptors (Lipinski definition) is 2. The van der Waals surface area contributed by atoms with Crippen LogP contribution in [0.1, 0.15) is 35.6 Å². The molecular weight excluding hydrogens is 334 g/mol. The van der Waals surface area contributed by atoms with Crippen LogP contribution in [0, 0.1) is 0 Å². The first-order chi connectivity index (χ1) is 13.2. The van der Waals surface area contributed by atoms with Crippen LogP contribution in [0.5, 0.6) is 0 Å². The molecule has 0 bridgehead atoms. The molecule has 4 nitrogen and oxygen atoms in total. The van der Waals surface area contributed by atoms with Crippen molar-refractivity contribution in [3.8, 4) is 0 Å². The van der Waals surface area contributed by atoms with Gasteiger partial charge in [0.25, 0.3) is 0 Å². The van der Waals surface area contributed by atoms with Crippen LogP contribution in [0.2, 0.25) is 0 Å². The first kappa shape index (κ1) is 18.6. The van der Waals surface area contributed by atoms with Crippen molar-refractivity contribution in [2.45, 2.75) is 25.3 Å².